The normalized spacial score (nSPS) is 10.7. The van der Waals surface area contributed by atoms with E-state index < -0.39 is 56.0 Å². The first-order valence-corrected chi connectivity index (χ1v) is 41.8. The number of aromatic nitrogens is 12. The van der Waals surface area contributed by atoms with E-state index in [-0.39, 0.29) is 165 Å². The number of anilines is 1. The van der Waals surface area contributed by atoms with Crippen LogP contribution in [0.15, 0.2) is 266 Å². The Balaban J connectivity index is 0.000000153. The van der Waals surface area contributed by atoms with Crippen molar-refractivity contribution < 1.29 is 107 Å². The number of hydrogen-bond acceptors (Lipinski definition) is 35. The molecule has 12 aromatic carbocycles. The fraction of sp³-hybridized carbons (Fsp3) is 0.0619. The Morgan fingerprint density at radius 2 is 0.625 bits per heavy atom. The number of hydrogen-bond donors (Lipinski definition) is 10. The monoisotopic (exact) mass is 1850 g/mol. The zero-order chi connectivity index (χ0) is 97.3. The maximum atomic E-state index is 12.2. The van der Waals surface area contributed by atoms with Crippen molar-refractivity contribution in [3.8, 4) is 183 Å². The number of para-hydroxylation sites is 4. The molecule has 0 unspecified atom stereocenters. The van der Waals surface area contributed by atoms with Gasteiger partial charge in [0.1, 0.15) is 51.6 Å². The first kappa shape index (κ1) is 94.5. The molecule has 0 fully saturated rings. The van der Waals surface area contributed by atoms with Crippen LogP contribution in [-0.4, -0.2) is 191 Å². The van der Waals surface area contributed by atoms with Crippen LogP contribution < -0.4 is 11.1 Å². The average molecular weight is 1850 g/mol. The quantitative estimate of drug-likeness (QED) is 0.00752. The molecule has 2 amide bonds. The topological polar surface area (TPSA) is 588 Å². The summed E-state index contributed by atoms with van der Waals surface area (Å²) in [6, 6.07) is 65.5. The maximum Gasteiger partial charge on any atom is 0.337 e. The summed E-state index contributed by atoms with van der Waals surface area (Å²) in [7, 11) is 1.56. The molecule has 4 aromatic heterocycles. The number of benzene rings is 12. The van der Waals surface area contributed by atoms with Gasteiger partial charge in [-0.25, -0.2) is 87.4 Å². The van der Waals surface area contributed by atoms with E-state index >= 15 is 0 Å². The minimum absolute atomic E-state index is 0.00305. The third kappa shape index (κ3) is 21.7. The number of rotatable bonds is 22. The van der Waals surface area contributed by atoms with Gasteiger partial charge < -0.3 is 70.9 Å². The maximum absolute atomic E-state index is 12.2. The Morgan fingerprint density at radius 3 is 0.941 bits per heavy atom. The van der Waals surface area contributed by atoms with Crippen LogP contribution in [0, 0.1) is 10.1 Å². The van der Waals surface area contributed by atoms with Crippen molar-refractivity contribution in [1.29, 1.82) is 0 Å². The van der Waals surface area contributed by atoms with Gasteiger partial charge in [0.25, 0.3) is 5.69 Å². The van der Waals surface area contributed by atoms with E-state index in [1.165, 1.54) is 151 Å². The van der Waals surface area contributed by atoms with Crippen molar-refractivity contribution in [2.24, 2.45) is 5.73 Å². The molecule has 0 aliphatic heterocycles. The second-order valence-electron chi connectivity index (χ2n) is 28.8. The van der Waals surface area contributed by atoms with Gasteiger partial charge in [-0.2, -0.15) is 0 Å². The SMILES string of the molecule is COC(=O)c1ccc(-c2nc(-c3ccccc3O)nc(-c3c(O)cc(NC=O)cc3C(N)=O)n2)cc1.COC(=O)c1ccc(-c2nc(-c3ccccc3O)nc(-c3c(O)cccc3[N+](=O)[O-])n2)cc1.COC(=O)c1ccc(-c2nc(-c3ccccc3O)nc(-c3cc(C(C)=O)ccc3O)n2)cc1.COC(=O)c1ccc(-c2nc(-c3ccccc3O)nc(-c3cc(S(C)(=O)=O)ccc3O)n2)cc1. The number of carbonyl (C=O) groups is 7. The molecular formula is C97H73N15O23S. The van der Waals surface area contributed by atoms with Gasteiger partial charge in [-0.1, -0.05) is 103 Å². The molecule has 0 saturated heterocycles. The number of nitrogens with two attached hydrogens (primary N) is 1. The molecule has 0 atom stereocenters. The summed E-state index contributed by atoms with van der Waals surface area (Å²) < 4.78 is 43.0. The molecule has 39 heteroatoms. The van der Waals surface area contributed by atoms with E-state index in [1.54, 1.807) is 146 Å². The van der Waals surface area contributed by atoms with Gasteiger partial charge >= 0.3 is 23.9 Å². The minimum Gasteiger partial charge on any atom is -0.507 e. The highest BCUT2D eigenvalue weighted by Gasteiger charge is 2.29. The summed E-state index contributed by atoms with van der Waals surface area (Å²) in [4.78, 5) is 146. The van der Waals surface area contributed by atoms with Crippen LogP contribution in [0.3, 0.4) is 0 Å². The van der Waals surface area contributed by atoms with Crippen LogP contribution in [0.1, 0.15) is 69.1 Å². The Morgan fingerprint density at radius 1 is 0.338 bits per heavy atom. The number of methoxy groups -OCH3 is 4. The van der Waals surface area contributed by atoms with Crippen molar-refractivity contribution >= 4 is 63.2 Å². The fourth-order valence-corrected chi connectivity index (χ4v) is 13.7. The van der Waals surface area contributed by atoms with E-state index in [2.05, 4.69) is 65.1 Å². The number of esters is 4. The highest BCUT2D eigenvalue weighted by Crippen LogP contribution is 2.42. The standard InChI is InChI=1S/C25H19N5O6.C25H19N3O5.C24H19N3O6S.C23H16N4O6/c1-36-25(35)14-8-6-13(7-9-14)22-28-23(16-4-2-3-5-18(16)32)30-24(29-22)20-17(21(26)34)10-15(27-12-31)11-19(20)33;1-14(29)17-11-12-21(31)19(13-17)24-27-22(15-7-9-16(10-8-15)25(32)33-2)26-23(28-24)18-5-3-4-6-20(18)30;1-33-24(30)15-9-7-14(8-10-15)21-25-22(17-5-3-4-6-19(17)28)27-23(26-21)18-13-16(34(2,31)32)11-12-20(18)29;1-33-23(30)14-11-9-13(10-12-14)20-24-21(15-5-2-3-7-17(15)28)26-22(25-20)19-16(27(31)32)6-4-8-18(19)29/h2-12,32-33H,1H3,(H2,26,34)(H,27,31);3-13,30-31H,1-2H3;3-13,28-29H,1-2H3;2-12,28-29H,1H3. The average Bonchev–Trinajstić information content (AvgIpc) is 0.787. The number of phenols is 8. The van der Waals surface area contributed by atoms with Crippen molar-refractivity contribution in [3.63, 3.8) is 0 Å². The number of carbonyl (C=O) groups excluding carboxylic acids is 7. The van der Waals surface area contributed by atoms with E-state index in [0.717, 1.165) is 6.26 Å². The van der Waals surface area contributed by atoms with Gasteiger partial charge in [-0.3, -0.25) is 24.5 Å². The lowest BCUT2D eigenvalue weighted by atomic mass is 10.0. The van der Waals surface area contributed by atoms with Crippen molar-refractivity contribution in [3.05, 3.63) is 304 Å². The van der Waals surface area contributed by atoms with Gasteiger partial charge in [0.2, 0.25) is 12.3 Å². The molecule has 0 radical (unpaired) electrons. The minimum atomic E-state index is -3.56. The van der Waals surface area contributed by atoms with E-state index in [4.69, 9.17) is 24.7 Å². The van der Waals surface area contributed by atoms with Crippen molar-refractivity contribution in [2.75, 3.05) is 40.0 Å². The molecule has 16 rings (SSSR count). The zero-order valence-electron chi connectivity index (χ0n) is 71.9. The number of Topliss-reactive ketones (excluding diaryl/α,β-unsaturated/α-hetero) is 1. The third-order valence-corrected chi connectivity index (χ3v) is 21.0. The molecule has 11 N–H and O–H groups in total. The van der Waals surface area contributed by atoms with E-state index in [1.807, 2.05) is 0 Å². The molecule has 136 heavy (non-hydrogen) atoms. The van der Waals surface area contributed by atoms with E-state index in [9.17, 15) is 92.9 Å². The predicted molar refractivity (Wildman–Crippen MR) is 491 cm³/mol. The first-order valence-electron chi connectivity index (χ1n) is 39.9. The highest BCUT2D eigenvalue weighted by atomic mass is 32.2. The fourth-order valence-electron chi connectivity index (χ4n) is 13.1. The predicted octanol–water partition coefficient (Wildman–Crippen LogP) is 14.5. The third-order valence-electron chi connectivity index (χ3n) is 19.9. The lowest BCUT2D eigenvalue weighted by molar-refractivity contribution is -0.384. The lowest BCUT2D eigenvalue weighted by Crippen LogP contribution is -2.14. The van der Waals surface area contributed by atoms with Gasteiger partial charge in [0, 0.05) is 51.9 Å². The Hall–Kier alpha value is -19.1. The summed E-state index contributed by atoms with van der Waals surface area (Å²) in [5, 5.41) is 97.3. The van der Waals surface area contributed by atoms with Crippen molar-refractivity contribution in [2.45, 2.75) is 11.8 Å². The second-order valence-corrected chi connectivity index (χ2v) is 30.8. The van der Waals surface area contributed by atoms with Crippen LogP contribution in [0.4, 0.5) is 11.4 Å². The lowest BCUT2D eigenvalue weighted by Gasteiger charge is -2.13. The molecule has 16 aromatic rings. The number of phenolic OH excluding ortho intramolecular Hbond substituents is 8. The number of ether oxygens (including phenoxy) is 4. The van der Waals surface area contributed by atoms with Crippen LogP contribution in [0.2, 0.25) is 0 Å². The number of sulfone groups is 1. The Kier molecular flexibility index (Phi) is 28.9. The van der Waals surface area contributed by atoms with Gasteiger partial charge in [-0.05, 0) is 153 Å². The van der Waals surface area contributed by atoms with Gasteiger partial charge in [0.05, 0.1) is 105 Å². The van der Waals surface area contributed by atoms with Crippen LogP contribution >= 0.6 is 0 Å². The Labute approximate surface area is 770 Å². The number of amides is 2. The summed E-state index contributed by atoms with van der Waals surface area (Å²) >= 11 is 0. The summed E-state index contributed by atoms with van der Waals surface area (Å²) in [5.74, 6) is -3.61. The molecule has 0 aliphatic carbocycles. The summed E-state index contributed by atoms with van der Waals surface area (Å²) in [5.41, 5.74) is 10.2. The molecular weight excluding hydrogens is 1780 g/mol. The summed E-state index contributed by atoms with van der Waals surface area (Å²) in [6.07, 6.45) is 1.44. The van der Waals surface area contributed by atoms with Crippen molar-refractivity contribution in [1.82, 2.24) is 59.8 Å². The smallest absolute Gasteiger partial charge is 0.337 e. The molecule has 4 heterocycles. The molecule has 0 saturated carbocycles. The summed E-state index contributed by atoms with van der Waals surface area (Å²) in [6.45, 7) is 1.42. The molecule has 0 spiro atoms. The van der Waals surface area contributed by atoms with Crippen LogP contribution in [-0.2, 0) is 33.6 Å². The van der Waals surface area contributed by atoms with Gasteiger partial charge in [-0.15, -0.1) is 0 Å². The zero-order valence-corrected chi connectivity index (χ0v) is 72.7. The number of nitrogens with zero attached hydrogens (tertiary/aromatic N) is 13. The number of ketones is 1. The number of nitro benzene ring substituents is 1. The number of nitro groups is 1. The Bertz CT molecular complexity index is 7490. The van der Waals surface area contributed by atoms with Crippen LogP contribution in [0.25, 0.3) is 137 Å². The molecule has 0 bridgehead atoms. The highest BCUT2D eigenvalue weighted by molar-refractivity contribution is 7.90. The number of nitrogens with one attached hydrogen (secondary N) is 1. The van der Waals surface area contributed by atoms with Gasteiger partial charge in [0.15, 0.2) is 85.5 Å². The molecule has 680 valence electrons. The molecule has 0 aliphatic rings. The second kappa shape index (κ2) is 41.6. The van der Waals surface area contributed by atoms with Crippen LogP contribution in [0.5, 0.6) is 46.0 Å². The number of primary amides is 1. The largest absolute Gasteiger partial charge is 0.507 e. The van der Waals surface area contributed by atoms with E-state index in [0.29, 0.717) is 67.6 Å². The molecule has 38 nitrogen and oxygen atoms in total. The number of aromatic hydroxyl groups is 8. The first-order chi connectivity index (χ1) is 65.2.